The van der Waals surface area contributed by atoms with Crippen LogP contribution >= 0.6 is 11.3 Å². The molecule has 0 spiro atoms. The van der Waals surface area contributed by atoms with E-state index >= 15 is 0 Å². The van der Waals surface area contributed by atoms with Gasteiger partial charge in [-0.1, -0.05) is 24.3 Å². The van der Waals surface area contributed by atoms with Crippen molar-refractivity contribution >= 4 is 27.1 Å². The average Bonchev–Trinajstić information content (AvgIpc) is 3.00. The molecule has 0 saturated heterocycles. The fourth-order valence-corrected chi connectivity index (χ4v) is 5.91. The number of thiazole rings is 1. The number of aryl methyl sites for hydroxylation is 1. The number of likely N-dealkylation sites (N-methyl/N-ethyl adjacent to an activating group) is 1. The Morgan fingerprint density at radius 1 is 1.38 bits per heavy atom. The lowest BCUT2D eigenvalue weighted by atomic mass is 9.91. The lowest BCUT2D eigenvalue weighted by molar-refractivity contribution is -0.119. The number of rotatable bonds is 5. The Morgan fingerprint density at radius 3 is 2.96 bits per heavy atom. The number of benzene rings is 1. The van der Waals surface area contributed by atoms with Crippen molar-refractivity contribution in [2.24, 2.45) is 0 Å². The van der Waals surface area contributed by atoms with E-state index in [1.165, 1.54) is 11.3 Å². The van der Waals surface area contributed by atoms with Crippen LogP contribution in [0.25, 0.3) is 0 Å². The lowest BCUT2D eigenvalue weighted by Crippen LogP contribution is -2.21. The molecule has 1 atom stereocenters. The second-order valence-electron chi connectivity index (χ2n) is 5.97. The summed E-state index contributed by atoms with van der Waals surface area (Å²) in [6, 6.07) is 7.80. The maximum Gasteiger partial charge on any atom is 0.226 e. The second kappa shape index (κ2) is 7.03. The van der Waals surface area contributed by atoms with Gasteiger partial charge in [-0.25, -0.2) is 13.4 Å². The minimum Gasteiger partial charge on any atom is -0.359 e. The number of sulfone groups is 1. The number of aromatic nitrogens is 1. The third kappa shape index (κ3) is 3.67. The second-order valence-corrected chi connectivity index (χ2v) is 9.10. The first kappa shape index (κ1) is 17.1. The lowest BCUT2D eigenvalue weighted by Gasteiger charge is -2.25. The van der Waals surface area contributed by atoms with Crippen LogP contribution in [-0.4, -0.2) is 26.4 Å². The number of hydrogen-bond acceptors (Lipinski definition) is 5. The molecule has 7 heteroatoms. The van der Waals surface area contributed by atoms with Crippen LogP contribution in [0.15, 0.2) is 29.6 Å². The average molecular weight is 364 g/mol. The summed E-state index contributed by atoms with van der Waals surface area (Å²) in [6.45, 7) is 0. The molecule has 1 aliphatic carbocycles. The summed E-state index contributed by atoms with van der Waals surface area (Å²) in [5.41, 5.74) is 2.60. The Bertz CT molecular complexity index is 843. The van der Waals surface area contributed by atoms with Gasteiger partial charge in [0.25, 0.3) is 0 Å². The topological polar surface area (TPSA) is 76.1 Å². The number of nitrogens with zero attached hydrogens (tertiary/aromatic N) is 1. The third-order valence-corrected chi connectivity index (χ3v) is 7.24. The first-order valence-corrected chi connectivity index (χ1v) is 10.5. The highest BCUT2D eigenvalue weighted by Crippen LogP contribution is 2.37. The van der Waals surface area contributed by atoms with E-state index in [0.29, 0.717) is 17.1 Å². The number of carbonyl (C=O) groups excluding carboxylic acids is 1. The van der Waals surface area contributed by atoms with E-state index in [0.717, 1.165) is 24.0 Å². The van der Waals surface area contributed by atoms with E-state index in [1.54, 1.807) is 12.4 Å². The molecule has 3 rings (SSSR count). The molecule has 0 radical (unpaired) electrons. The van der Waals surface area contributed by atoms with Crippen LogP contribution in [0.5, 0.6) is 0 Å². The third-order valence-electron chi connectivity index (χ3n) is 4.29. The predicted molar refractivity (Wildman–Crippen MR) is 94.6 cm³/mol. The fraction of sp³-hybridized carbons (Fsp3) is 0.412. The van der Waals surface area contributed by atoms with Gasteiger partial charge in [-0.15, -0.1) is 11.3 Å². The van der Waals surface area contributed by atoms with Gasteiger partial charge in [-0.2, -0.15) is 0 Å². The molecule has 1 amide bonds. The molecule has 0 aliphatic heterocycles. The van der Waals surface area contributed by atoms with Gasteiger partial charge in [0, 0.05) is 12.4 Å². The van der Waals surface area contributed by atoms with Crippen molar-refractivity contribution in [1.82, 2.24) is 10.3 Å². The molecule has 1 heterocycles. The van der Waals surface area contributed by atoms with E-state index < -0.39 is 15.1 Å². The Balaban J connectivity index is 1.79. The van der Waals surface area contributed by atoms with Crippen LogP contribution < -0.4 is 5.32 Å². The number of carbonyl (C=O) groups is 1. The van der Waals surface area contributed by atoms with Crippen LogP contribution in [0.1, 0.15) is 39.9 Å². The molecule has 1 unspecified atom stereocenters. The van der Waals surface area contributed by atoms with Gasteiger partial charge in [0.1, 0.15) is 5.01 Å². The van der Waals surface area contributed by atoms with Gasteiger partial charge in [0.05, 0.1) is 23.1 Å². The largest absolute Gasteiger partial charge is 0.359 e. The summed E-state index contributed by atoms with van der Waals surface area (Å²) < 4.78 is 25.8. The zero-order valence-electron chi connectivity index (χ0n) is 13.5. The summed E-state index contributed by atoms with van der Waals surface area (Å²) in [5, 5.41) is 4.47. The molecular formula is C17H20N2O3S2. The van der Waals surface area contributed by atoms with E-state index in [-0.39, 0.29) is 18.1 Å². The van der Waals surface area contributed by atoms with E-state index in [4.69, 9.17) is 0 Å². The Kier molecular flexibility index (Phi) is 5.01. The van der Waals surface area contributed by atoms with Crippen molar-refractivity contribution < 1.29 is 13.2 Å². The molecular weight excluding hydrogens is 344 g/mol. The first-order chi connectivity index (χ1) is 11.5. The van der Waals surface area contributed by atoms with Crippen LogP contribution in [0.2, 0.25) is 0 Å². The van der Waals surface area contributed by atoms with Crippen molar-refractivity contribution in [1.29, 1.82) is 0 Å². The minimum absolute atomic E-state index is 0.0732. The van der Waals surface area contributed by atoms with Crippen LogP contribution in [0.4, 0.5) is 0 Å². The van der Waals surface area contributed by atoms with Gasteiger partial charge in [-0.05, 0) is 30.4 Å². The SMILES string of the molecule is CNC(=O)Cc1nc(CS(=O)(=O)C2CCCc3ccccc32)cs1. The van der Waals surface area contributed by atoms with Gasteiger partial charge in [-0.3, -0.25) is 4.79 Å². The smallest absolute Gasteiger partial charge is 0.226 e. The van der Waals surface area contributed by atoms with Gasteiger partial charge >= 0.3 is 0 Å². The number of amides is 1. The Hall–Kier alpha value is -1.73. The highest BCUT2D eigenvalue weighted by atomic mass is 32.2. The van der Waals surface area contributed by atoms with Crippen molar-refractivity contribution in [2.75, 3.05) is 7.05 Å². The molecule has 128 valence electrons. The molecule has 24 heavy (non-hydrogen) atoms. The van der Waals surface area contributed by atoms with Crippen LogP contribution in [-0.2, 0) is 33.2 Å². The van der Waals surface area contributed by atoms with Crippen molar-refractivity contribution in [3.8, 4) is 0 Å². The van der Waals surface area contributed by atoms with E-state index in [9.17, 15) is 13.2 Å². The zero-order valence-corrected chi connectivity index (χ0v) is 15.1. The summed E-state index contributed by atoms with van der Waals surface area (Å²) in [6.07, 6.45) is 2.68. The monoisotopic (exact) mass is 364 g/mol. The van der Waals surface area contributed by atoms with Crippen molar-refractivity contribution in [3.63, 3.8) is 0 Å². The molecule has 1 aliphatic rings. The highest BCUT2D eigenvalue weighted by molar-refractivity contribution is 7.90. The first-order valence-electron chi connectivity index (χ1n) is 7.93. The Labute approximate surface area is 146 Å². The van der Waals surface area contributed by atoms with Gasteiger partial charge in [0.15, 0.2) is 9.84 Å². The van der Waals surface area contributed by atoms with Crippen LogP contribution in [0, 0.1) is 0 Å². The highest BCUT2D eigenvalue weighted by Gasteiger charge is 2.32. The maximum atomic E-state index is 12.9. The standard InChI is InChI=1S/C17H20N2O3S2/c1-18-16(20)9-17-19-13(10-23-17)11-24(21,22)15-8-4-6-12-5-2-3-7-14(12)15/h2-3,5,7,10,15H,4,6,8-9,11H2,1H3,(H,18,20). The molecule has 0 saturated carbocycles. The van der Waals surface area contributed by atoms with E-state index in [1.807, 2.05) is 24.3 Å². The minimum atomic E-state index is -3.33. The fourth-order valence-electron chi connectivity index (χ4n) is 3.11. The molecule has 5 nitrogen and oxygen atoms in total. The summed E-state index contributed by atoms with van der Waals surface area (Å²) >= 11 is 1.33. The number of fused-ring (bicyclic) bond motifs is 1. The quantitative estimate of drug-likeness (QED) is 0.884. The van der Waals surface area contributed by atoms with Crippen LogP contribution in [0.3, 0.4) is 0 Å². The molecule has 1 aromatic heterocycles. The molecule has 0 fully saturated rings. The van der Waals surface area contributed by atoms with Gasteiger partial charge in [0.2, 0.25) is 5.91 Å². The van der Waals surface area contributed by atoms with Crippen molar-refractivity contribution in [3.05, 3.63) is 51.5 Å². The van der Waals surface area contributed by atoms with E-state index in [2.05, 4.69) is 10.3 Å². The molecule has 2 aromatic rings. The molecule has 1 N–H and O–H groups in total. The molecule has 1 aromatic carbocycles. The van der Waals surface area contributed by atoms with Gasteiger partial charge < -0.3 is 5.32 Å². The summed E-state index contributed by atoms with van der Waals surface area (Å²) in [7, 11) is -1.76. The maximum absolute atomic E-state index is 12.9. The predicted octanol–water partition coefficient (Wildman–Crippen LogP) is 2.42. The molecule has 0 bridgehead atoms. The summed E-state index contributed by atoms with van der Waals surface area (Å²) in [4.78, 5) is 15.7. The normalized spacial score (nSPS) is 17.3. The Morgan fingerprint density at radius 2 is 2.17 bits per heavy atom. The number of hydrogen-bond donors (Lipinski definition) is 1. The summed E-state index contributed by atoms with van der Waals surface area (Å²) in [5.74, 6) is -0.198. The number of nitrogens with one attached hydrogen (secondary N) is 1. The van der Waals surface area contributed by atoms with Crippen molar-refractivity contribution in [2.45, 2.75) is 36.7 Å². The zero-order chi connectivity index (χ0) is 17.2.